The summed E-state index contributed by atoms with van der Waals surface area (Å²) in [6.45, 7) is 1.76. The minimum atomic E-state index is -0.973. The van der Waals surface area contributed by atoms with Crippen molar-refractivity contribution >= 4 is 33.1 Å². The number of halogens is 2. The van der Waals surface area contributed by atoms with Gasteiger partial charge in [-0.25, -0.2) is 18.9 Å². The lowest BCUT2D eigenvalue weighted by atomic mass is 10.1. The fourth-order valence-corrected chi connectivity index (χ4v) is 3.64. The van der Waals surface area contributed by atoms with Gasteiger partial charge in [0, 0.05) is 15.8 Å². The van der Waals surface area contributed by atoms with Crippen LogP contribution in [0, 0.1) is 18.6 Å². The quantitative estimate of drug-likeness (QED) is 0.548. The topological polar surface area (TPSA) is 87.7 Å². The van der Waals surface area contributed by atoms with Crippen molar-refractivity contribution in [1.82, 2.24) is 15.2 Å². The van der Waals surface area contributed by atoms with Crippen LogP contribution in [0.4, 0.5) is 13.9 Å². The van der Waals surface area contributed by atoms with Gasteiger partial charge in [-0.15, -0.1) is 11.3 Å². The van der Waals surface area contributed by atoms with Gasteiger partial charge in [-0.2, -0.15) is 5.10 Å². The van der Waals surface area contributed by atoms with E-state index < -0.39 is 23.1 Å². The third-order valence-electron chi connectivity index (χ3n) is 4.12. The highest BCUT2D eigenvalue weighted by molar-refractivity contribution is 7.16. The number of H-pyrrole nitrogens is 1. The van der Waals surface area contributed by atoms with Gasteiger partial charge in [-0.3, -0.25) is 14.9 Å². The minimum Gasteiger partial charge on any atom is -0.296 e. The van der Waals surface area contributed by atoms with Crippen LogP contribution in [-0.2, 0) is 0 Å². The van der Waals surface area contributed by atoms with Crippen molar-refractivity contribution in [3.05, 3.63) is 75.0 Å². The Kier molecular flexibility index (Phi) is 4.44. The Balaban J connectivity index is 1.67. The van der Waals surface area contributed by atoms with E-state index in [1.54, 1.807) is 31.2 Å². The van der Waals surface area contributed by atoms with Gasteiger partial charge >= 0.3 is 0 Å². The van der Waals surface area contributed by atoms with Gasteiger partial charge in [0.15, 0.2) is 22.5 Å². The van der Waals surface area contributed by atoms with Crippen molar-refractivity contribution < 1.29 is 13.6 Å². The van der Waals surface area contributed by atoms with Gasteiger partial charge in [0.1, 0.15) is 0 Å². The first-order chi connectivity index (χ1) is 13.4. The second-order valence-corrected chi connectivity index (χ2v) is 7.16. The van der Waals surface area contributed by atoms with E-state index in [0.29, 0.717) is 22.0 Å². The van der Waals surface area contributed by atoms with Gasteiger partial charge in [-0.1, -0.05) is 18.2 Å². The molecule has 2 N–H and O–H groups in total. The largest absolute Gasteiger partial charge is 0.296 e. The number of carbonyl (C=O) groups excluding carboxylic acids is 1. The third-order valence-corrected chi connectivity index (χ3v) is 5.01. The van der Waals surface area contributed by atoms with E-state index >= 15 is 0 Å². The predicted octanol–water partition coefficient (Wildman–Crippen LogP) is 3.89. The Bertz CT molecular complexity index is 1280. The fraction of sp³-hybridized carbons (Fsp3) is 0.0526. The van der Waals surface area contributed by atoms with Crippen molar-refractivity contribution in [2.45, 2.75) is 6.92 Å². The van der Waals surface area contributed by atoms with E-state index in [4.69, 9.17) is 0 Å². The van der Waals surface area contributed by atoms with E-state index in [0.717, 1.165) is 17.0 Å². The lowest BCUT2D eigenvalue weighted by molar-refractivity contribution is 0.102. The Labute approximate surface area is 160 Å². The number of anilines is 1. The van der Waals surface area contributed by atoms with Crippen LogP contribution in [0.3, 0.4) is 0 Å². The van der Waals surface area contributed by atoms with Crippen LogP contribution in [0.15, 0.2) is 47.3 Å². The molecule has 0 atom stereocenters. The average molecular weight is 398 g/mol. The van der Waals surface area contributed by atoms with Crippen molar-refractivity contribution in [2.24, 2.45) is 0 Å². The first-order valence-electron chi connectivity index (χ1n) is 8.15. The first-order valence-corrected chi connectivity index (χ1v) is 8.97. The van der Waals surface area contributed by atoms with Crippen LogP contribution in [0.2, 0.25) is 0 Å². The molecule has 2 aromatic heterocycles. The molecule has 6 nitrogen and oxygen atoms in total. The standard InChI is InChI=1S/C19H12F2N4O2S/c1-9-15(10-6-7-13(20)14(21)8-10)22-19(28-9)23-18(27)16-11-4-2-3-5-12(11)17(26)25-24-16/h2-8H,1H3,(H,25,26)(H,22,23,27). The third kappa shape index (κ3) is 3.16. The molecule has 140 valence electrons. The number of aryl methyl sites for hydroxylation is 1. The van der Waals surface area contributed by atoms with Crippen LogP contribution in [0.1, 0.15) is 15.4 Å². The normalized spacial score (nSPS) is 11.0. The second-order valence-electron chi connectivity index (χ2n) is 5.95. The average Bonchev–Trinajstić information content (AvgIpc) is 3.04. The molecule has 4 aromatic rings. The number of nitrogens with one attached hydrogen (secondary N) is 2. The number of hydrogen-bond acceptors (Lipinski definition) is 5. The zero-order valence-corrected chi connectivity index (χ0v) is 15.2. The summed E-state index contributed by atoms with van der Waals surface area (Å²) in [5.74, 6) is -2.46. The summed E-state index contributed by atoms with van der Waals surface area (Å²) in [6, 6.07) is 10.1. The van der Waals surface area contributed by atoms with E-state index in [-0.39, 0.29) is 10.8 Å². The molecular formula is C19H12F2N4O2S. The highest BCUT2D eigenvalue weighted by Crippen LogP contribution is 2.31. The molecule has 0 bridgehead atoms. The second kappa shape index (κ2) is 6.93. The zero-order chi connectivity index (χ0) is 19.8. The molecule has 0 fully saturated rings. The number of nitrogens with zero attached hydrogens (tertiary/aromatic N) is 2. The highest BCUT2D eigenvalue weighted by Gasteiger charge is 2.18. The maximum atomic E-state index is 13.5. The molecule has 0 spiro atoms. The zero-order valence-electron chi connectivity index (χ0n) is 14.4. The molecule has 0 saturated carbocycles. The lowest BCUT2D eigenvalue weighted by Gasteiger charge is -2.04. The molecule has 0 aliphatic carbocycles. The molecule has 2 aromatic carbocycles. The SMILES string of the molecule is Cc1sc(NC(=O)c2n[nH]c(=O)c3ccccc23)nc1-c1ccc(F)c(F)c1. The van der Waals surface area contributed by atoms with E-state index in [1.165, 1.54) is 17.4 Å². The number of aromatic amines is 1. The number of carbonyl (C=O) groups is 1. The van der Waals surface area contributed by atoms with Crippen molar-refractivity contribution in [2.75, 3.05) is 5.32 Å². The van der Waals surface area contributed by atoms with Crippen molar-refractivity contribution in [3.63, 3.8) is 0 Å². The number of benzene rings is 2. The summed E-state index contributed by atoms with van der Waals surface area (Å²) in [5.41, 5.74) is 0.509. The van der Waals surface area contributed by atoms with E-state index in [9.17, 15) is 18.4 Å². The molecule has 0 aliphatic heterocycles. The number of hydrogen-bond donors (Lipinski definition) is 2. The highest BCUT2D eigenvalue weighted by atomic mass is 32.1. The Morgan fingerprint density at radius 1 is 1.11 bits per heavy atom. The minimum absolute atomic E-state index is 0.0532. The molecule has 1 amide bonds. The molecule has 9 heteroatoms. The molecule has 0 aliphatic rings. The number of amides is 1. The van der Waals surface area contributed by atoms with Crippen molar-refractivity contribution in [1.29, 1.82) is 0 Å². The summed E-state index contributed by atoms with van der Waals surface area (Å²) in [4.78, 5) is 29.5. The molecule has 0 unspecified atom stereocenters. The molecule has 0 saturated heterocycles. The van der Waals surface area contributed by atoms with Gasteiger partial charge < -0.3 is 0 Å². The van der Waals surface area contributed by atoms with Gasteiger partial charge in [0.25, 0.3) is 11.5 Å². The van der Waals surface area contributed by atoms with Crippen LogP contribution >= 0.6 is 11.3 Å². The molecule has 28 heavy (non-hydrogen) atoms. The molecular weight excluding hydrogens is 386 g/mol. The maximum Gasteiger partial charge on any atom is 0.278 e. The van der Waals surface area contributed by atoms with Gasteiger partial charge in [-0.05, 0) is 31.2 Å². The number of thiazole rings is 1. The summed E-state index contributed by atoms with van der Waals surface area (Å²) in [5, 5.41) is 9.83. The van der Waals surface area contributed by atoms with E-state index in [1.807, 2.05) is 0 Å². The molecule has 4 rings (SSSR count). The smallest absolute Gasteiger partial charge is 0.278 e. The van der Waals surface area contributed by atoms with Crippen LogP contribution in [0.5, 0.6) is 0 Å². The molecule has 2 heterocycles. The van der Waals surface area contributed by atoms with Crippen molar-refractivity contribution in [3.8, 4) is 11.3 Å². The van der Waals surface area contributed by atoms with Crippen LogP contribution in [-0.4, -0.2) is 21.1 Å². The predicted molar refractivity (Wildman–Crippen MR) is 103 cm³/mol. The van der Waals surface area contributed by atoms with Crippen LogP contribution in [0.25, 0.3) is 22.0 Å². The maximum absolute atomic E-state index is 13.5. The summed E-state index contributed by atoms with van der Waals surface area (Å²) in [6.07, 6.45) is 0. The van der Waals surface area contributed by atoms with Gasteiger partial charge in [0.05, 0.1) is 11.1 Å². The van der Waals surface area contributed by atoms with Crippen LogP contribution < -0.4 is 10.9 Å². The van der Waals surface area contributed by atoms with Gasteiger partial charge in [0.2, 0.25) is 0 Å². The fourth-order valence-electron chi connectivity index (χ4n) is 2.81. The number of fused-ring (bicyclic) bond motifs is 1. The Morgan fingerprint density at radius 3 is 2.61 bits per heavy atom. The monoisotopic (exact) mass is 398 g/mol. The summed E-state index contributed by atoms with van der Waals surface area (Å²) >= 11 is 1.19. The number of rotatable bonds is 3. The Hall–Kier alpha value is -3.46. The number of aromatic nitrogens is 3. The first kappa shape index (κ1) is 17.9. The molecule has 0 radical (unpaired) electrons. The van der Waals surface area contributed by atoms with E-state index in [2.05, 4.69) is 20.5 Å². The lowest BCUT2D eigenvalue weighted by Crippen LogP contribution is -2.19. The summed E-state index contributed by atoms with van der Waals surface area (Å²) < 4.78 is 26.7. The Morgan fingerprint density at radius 2 is 1.86 bits per heavy atom. The summed E-state index contributed by atoms with van der Waals surface area (Å²) in [7, 11) is 0.